The Labute approximate surface area is 116 Å². The number of anilines is 1. The number of ether oxygens (including phenoxy) is 1. The van der Waals surface area contributed by atoms with Crippen molar-refractivity contribution in [2.24, 2.45) is 5.73 Å². The Morgan fingerprint density at radius 2 is 2.16 bits per heavy atom. The van der Waals surface area contributed by atoms with E-state index < -0.39 is 0 Å². The van der Waals surface area contributed by atoms with Gasteiger partial charge in [-0.25, -0.2) is 4.98 Å². The van der Waals surface area contributed by atoms with Gasteiger partial charge in [0.05, 0.1) is 5.69 Å². The van der Waals surface area contributed by atoms with Crippen molar-refractivity contribution in [3.63, 3.8) is 0 Å². The lowest BCUT2D eigenvalue weighted by Crippen LogP contribution is -2.31. The summed E-state index contributed by atoms with van der Waals surface area (Å²) in [6.07, 6.45) is 4.13. The predicted molar refractivity (Wildman–Crippen MR) is 79.7 cm³/mol. The molecule has 0 spiro atoms. The lowest BCUT2D eigenvalue weighted by atomic mass is 10.4. The number of aromatic nitrogens is 2. The number of likely N-dealkylation sites (N-methyl/N-ethyl adjacent to an activating group) is 1. The number of imidazole rings is 1. The third-order valence-corrected chi connectivity index (χ3v) is 3.12. The molecule has 0 aliphatic carbocycles. The summed E-state index contributed by atoms with van der Waals surface area (Å²) in [5.74, 6) is 1.04. The molecule has 0 amide bonds. The second kappa shape index (κ2) is 8.93. The molecule has 5 heteroatoms. The van der Waals surface area contributed by atoms with Crippen LogP contribution in [-0.2, 0) is 17.7 Å². The maximum atomic E-state index is 5.67. The molecule has 0 fully saturated rings. The zero-order chi connectivity index (χ0) is 14.1. The van der Waals surface area contributed by atoms with Crippen LogP contribution < -0.4 is 10.6 Å². The van der Waals surface area contributed by atoms with Crippen molar-refractivity contribution in [2.75, 3.05) is 37.7 Å². The van der Waals surface area contributed by atoms with E-state index in [0.29, 0.717) is 6.54 Å². The first-order valence-corrected chi connectivity index (χ1v) is 7.35. The van der Waals surface area contributed by atoms with E-state index in [0.717, 1.165) is 57.3 Å². The van der Waals surface area contributed by atoms with Crippen molar-refractivity contribution in [3.05, 3.63) is 11.9 Å². The molecule has 19 heavy (non-hydrogen) atoms. The molecule has 0 atom stereocenters. The van der Waals surface area contributed by atoms with E-state index in [4.69, 9.17) is 15.5 Å². The number of hydrogen-bond donors (Lipinski definition) is 1. The molecule has 2 N–H and O–H groups in total. The number of nitrogens with zero attached hydrogens (tertiary/aromatic N) is 3. The maximum Gasteiger partial charge on any atom is 0.205 e. The van der Waals surface area contributed by atoms with Gasteiger partial charge in [-0.2, -0.15) is 0 Å². The number of hydrogen-bond acceptors (Lipinski definition) is 4. The zero-order valence-corrected chi connectivity index (χ0v) is 12.6. The lowest BCUT2D eigenvalue weighted by molar-refractivity contribution is 0.141. The van der Waals surface area contributed by atoms with Crippen LogP contribution in [0.3, 0.4) is 0 Å². The van der Waals surface area contributed by atoms with Gasteiger partial charge in [0.15, 0.2) is 0 Å². The Balaban J connectivity index is 2.73. The molecule has 1 aromatic heterocycles. The van der Waals surface area contributed by atoms with Gasteiger partial charge in [0.1, 0.15) is 0 Å². The molecule has 1 rings (SSSR count). The molecule has 0 saturated heterocycles. The molecule has 0 saturated carbocycles. The Bertz CT molecular complexity index is 351. The number of rotatable bonds is 10. The van der Waals surface area contributed by atoms with Gasteiger partial charge < -0.3 is 19.9 Å². The smallest absolute Gasteiger partial charge is 0.205 e. The minimum Gasteiger partial charge on any atom is -0.382 e. The van der Waals surface area contributed by atoms with Crippen molar-refractivity contribution in [3.8, 4) is 0 Å². The van der Waals surface area contributed by atoms with E-state index in [9.17, 15) is 0 Å². The fraction of sp³-hybridized carbons (Fsp3) is 0.786. The van der Waals surface area contributed by atoms with Crippen LogP contribution in [0.5, 0.6) is 0 Å². The molecule has 0 aromatic carbocycles. The molecular weight excluding hydrogens is 240 g/mol. The average Bonchev–Trinajstić information content (AvgIpc) is 2.84. The van der Waals surface area contributed by atoms with E-state index >= 15 is 0 Å². The lowest BCUT2D eigenvalue weighted by Gasteiger charge is -2.22. The minimum absolute atomic E-state index is 0.654. The summed E-state index contributed by atoms with van der Waals surface area (Å²) < 4.78 is 7.63. The SMILES string of the molecule is CCOCCCn1cc(CC)nc1N(CC)CCN. The highest BCUT2D eigenvalue weighted by molar-refractivity contribution is 5.33. The number of nitrogens with two attached hydrogens (primary N) is 1. The molecule has 0 radical (unpaired) electrons. The summed E-state index contributed by atoms with van der Waals surface area (Å²) in [6, 6.07) is 0. The van der Waals surface area contributed by atoms with Gasteiger partial charge in [-0.1, -0.05) is 6.92 Å². The monoisotopic (exact) mass is 268 g/mol. The van der Waals surface area contributed by atoms with Gasteiger partial charge in [0, 0.05) is 45.6 Å². The topological polar surface area (TPSA) is 56.3 Å². The molecule has 1 heterocycles. The van der Waals surface area contributed by atoms with Crippen molar-refractivity contribution in [1.82, 2.24) is 9.55 Å². The molecule has 0 aliphatic rings. The summed E-state index contributed by atoms with van der Waals surface area (Å²) in [5, 5.41) is 0. The van der Waals surface area contributed by atoms with Crippen LogP contribution in [0.4, 0.5) is 5.95 Å². The Kier molecular flexibility index (Phi) is 7.52. The Hall–Kier alpha value is -1.07. The minimum atomic E-state index is 0.654. The summed E-state index contributed by atoms with van der Waals surface area (Å²) in [5.41, 5.74) is 6.81. The fourth-order valence-electron chi connectivity index (χ4n) is 2.08. The van der Waals surface area contributed by atoms with E-state index in [1.165, 1.54) is 0 Å². The normalized spacial score (nSPS) is 10.9. The van der Waals surface area contributed by atoms with E-state index in [1.807, 2.05) is 6.92 Å². The van der Waals surface area contributed by atoms with Crippen LogP contribution in [0, 0.1) is 0 Å². The molecular formula is C14H28N4O. The molecule has 110 valence electrons. The maximum absolute atomic E-state index is 5.67. The third kappa shape index (κ3) is 4.84. The summed E-state index contributed by atoms with van der Waals surface area (Å²) in [7, 11) is 0. The van der Waals surface area contributed by atoms with Crippen LogP contribution >= 0.6 is 0 Å². The van der Waals surface area contributed by atoms with Crippen LogP contribution in [0.15, 0.2) is 6.20 Å². The Morgan fingerprint density at radius 3 is 2.74 bits per heavy atom. The van der Waals surface area contributed by atoms with Gasteiger partial charge in [0.2, 0.25) is 5.95 Å². The molecule has 0 bridgehead atoms. The molecule has 0 aliphatic heterocycles. The predicted octanol–water partition coefficient (Wildman–Crippen LogP) is 1.66. The molecule has 0 unspecified atom stereocenters. The van der Waals surface area contributed by atoms with Gasteiger partial charge in [-0.15, -0.1) is 0 Å². The summed E-state index contributed by atoms with van der Waals surface area (Å²) in [6.45, 7) is 11.3. The first-order chi connectivity index (χ1) is 9.26. The van der Waals surface area contributed by atoms with Crippen molar-refractivity contribution in [1.29, 1.82) is 0 Å². The standard InChI is InChI=1S/C14H28N4O/c1-4-13-12-18(9-7-11-19-6-3)14(16-13)17(5-2)10-8-15/h12H,4-11,15H2,1-3H3. The second-order valence-electron chi connectivity index (χ2n) is 4.50. The largest absolute Gasteiger partial charge is 0.382 e. The van der Waals surface area contributed by atoms with Gasteiger partial charge in [-0.3, -0.25) is 0 Å². The van der Waals surface area contributed by atoms with Crippen LogP contribution in [0.25, 0.3) is 0 Å². The molecule has 5 nitrogen and oxygen atoms in total. The third-order valence-electron chi connectivity index (χ3n) is 3.12. The first-order valence-electron chi connectivity index (χ1n) is 7.35. The fourth-order valence-corrected chi connectivity index (χ4v) is 2.08. The van der Waals surface area contributed by atoms with Crippen molar-refractivity contribution < 1.29 is 4.74 Å². The van der Waals surface area contributed by atoms with E-state index in [-0.39, 0.29) is 0 Å². The van der Waals surface area contributed by atoms with E-state index in [1.54, 1.807) is 0 Å². The highest BCUT2D eigenvalue weighted by Gasteiger charge is 2.12. The summed E-state index contributed by atoms with van der Waals surface area (Å²) in [4.78, 5) is 6.95. The first kappa shape index (κ1) is 16.0. The Morgan fingerprint density at radius 1 is 1.37 bits per heavy atom. The van der Waals surface area contributed by atoms with Crippen LogP contribution in [0.2, 0.25) is 0 Å². The average molecular weight is 268 g/mol. The van der Waals surface area contributed by atoms with E-state index in [2.05, 4.69) is 29.5 Å². The summed E-state index contributed by atoms with van der Waals surface area (Å²) >= 11 is 0. The van der Waals surface area contributed by atoms with Gasteiger partial charge in [-0.05, 0) is 26.7 Å². The second-order valence-corrected chi connectivity index (χ2v) is 4.50. The molecule has 1 aromatic rings. The van der Waals surface area contributed by atoms with Crippen LogP contribution in [0.1, 0.15) is 32.9 Å². The van der Waals surface area contributed by atoms with Gasteiger partial charge >= 0.3 is 0 Å². The highest BCUT2D eigenvalue weighted by atomic mass is 16.5. The highest BCUT2D eigenvalue weighted by Crippen LogP contribution is 2.15. The number of aryl methyl sites for hydroxylation is 2. The van der Waals surface area contributed by atoms with Crippen molar-refractivity contribution in [2.45, 2.75) is 40.2 Å². The van der Waals surface area contributed by atoms with Crippen molar-refractivity contribution >= 4 is 5.95 Å². The zero-order valence-electron chi connectivity index (χ0n) is 12.6. The van der Waals surface area contributed by atoms with Crippen LogP contribution in [-0.4, -0.2) is 42.4 Å². The quantitative estimate of drug-likeness (QED) is 0.656. The van der Waals surface area contributed by atoms with Gasteiger partial charge in [0.25, 0.3) is 0 Å².